The van der Waals surface area contributed by atoms with Crippen molar-refractivity contribution in [3.63, 3.8) is 0 Å². The van der Waals surface area contributed by atoms with E-state index in [1.807, 2.05) is 42.2 Å². The first-order chi connectivity index (χ1) is 10.8. The van der Waals surface area contributed by atoms with Crippen molar-refractivity contribution >= 4 is 10.9 Å². The summed E-state index contributed by atoms with van der Waals surface area (Å²) >= 11 is 0. The minimum atomic E-state index is 0.187. The number of rotatable bonds is 5. The standard InChI is InChI=1S/C18H18N4/c1-20-10-9-18(15-5-3-2-4-6-15)22-13-16-11-14(12-19)7-8-17(16)21-22/h2-8,11,13,18,20H,9-10H2,1H3. The molecule has 0 saturated heterocycles. The number of nitrogens with one attached hydrogen (secondary N) is 1. The first kappa shape index (κ1) is 14.3. The molecule has 3 rings (SSSR count). The Morgan fingerprint density at radius 3 is 2.77 bits per heavy atom. The van der Waals surface area contributed by atoms with Crippen LogP contribution in [0.5, 0.6) is 0 Å². The van der Waals surface area contributed by atoms with Crippen molar-refractivity contribution in [3.05, 3.63) is 65.9 Å². The Morgan fingerprint density at radius 1 is 1.23 bits per heavy atom. The van der Waals surface area contributed by atoms with E-state index in [9.17, 15) is 0 Å². The van der Waals surface area contributed by atoms with Gasteiger partial charge in [0, 0.05) is 11.6 Å². The van der Waals surface area contributed by atoms with Gasteiger partial charge in [0.2, 0.25) is 0 Å². The fourth-order valence-electron chi connectivity index (χ4n) is 2.68. The summed E-state index contributed by atoms with van der Waals surface area (Å²) in [4.78, 5) is 0. The Bertz CT molecular complexity index is 799. The third-order valence-corrected chi connectivity index (χ3v) is 3.82. The van der Waals surface area contributed by atoms with Crippen molar-refractivity contribution in [1.82, 2.24) is 15.1 Å². The van der Waals surface area contributed by atoms with Gasteiger partial charge in [-0.2, -0.15) is 10.4 Å². The highest BCUT2D eigenvalue weighted by molar-refractivity contribution is 5.79. The quantitative estimate of drug-likeness (QED) is 0.785. The highest BCUT2D eigenvalue weighted by Gasteiger charge is 2.15. The molecule has 4 nitrogen and oxygen atoms in total. The van der Waals surface area contributed by atoms with E-state index < -0.39 is 0 Å². The van der Waals surface area contributed by atoms with Gasteiger partial charge in [0.25, 0.3) is 0 Å². The number of nitrogens with zero attached hydrogens (tertiary/aromatic N) is 3. The van der Waals surface area contributed by atoms with Crippen LogP contribution in [-0.4, -0.2) is 23.4 Å². The van der Waals surface area contributed by atoms with Crippen LogP contribution in [0.2, 0.25) is 0 Å². The van der Waals surface area contributed by atoms with E-state index in [0.717, 1.165) is 23.9 Å². The zero-order valence-corrected chi connectivity index (χ0v) is 12.5. The van der Waals surface area contributed by atoms with Crippen LogP contribution in [-0.2, 0) is 0 Å². The van der Waals surface area contributed by atoms with Gasteiger partial charge < -0.3 is 5.32 Å². The summed E-state index contributed by atoms with van der Waals surface area (Å²) in [5.74, 6) is 0. The third kappa shape index (κ3) is 2.85. The minimum absolute atomic E-state index is 0.187. The molecular formula is C18H18N4. The predicted molar refractivity (Wildman–Crippen MR) is 87.6 cm³/mol. The van der Waals surface area contributed by atoms with Gasteiger partial charge in [-0.15, -0.1) is 0 Å². The summed E-state index contributed by atoms with van der Waals surface area (Å²) in [5, 5.41) is 17.9. The molecule has 3 aromatic rings. The van der Waals surface area contributed by atoms with Crippen LogP contribution < -0.4 is 5.32 Å². The van der Waals surface area contributed by atoms with Crippen LogP contribution in [0.3, 0.4) is 0 Å². The van der Waals surface area contributed by atoms with E-state index in [0.29, 0.717) is 5.56 Å². The maximum absolute atomic E-state index is 9.02. The Morgan fingerprint density at radius 2 is 2.05 bits per heavy atom. The van der Waals surface area contributed by atoms with Gasteiger partial charge in [0.15, 0.2) is 0 Å². The van der Waals surface area contributed by atoms with Gasteiger partial charge in [-0.3, -0.25) is 4.68 Å². The van der Waals surface area contributed by atoms with Gasteiger partial charge in [-0.25, -0.2) is 0 Å². The lowest BCUT2D eigenvalue weighted by Crippen LogP contribution is -2.18. The van der Waals surface area contributed by atoms with E-state index in [4.69, 9.17) is 10.4 Å². The molecule has 2 aromatic carbocycles. The Kier molecular flexibility index (Phi) is 4.17. The summed E-state index contributed by atoms with van der Waals surface area (Å²) < 4.78 is 2.01. The van der Waals surface area contributed by atoms with E-state index in [1.165, 1.54) is 5.56 Å². The van der Waals surface area contributed by atoms with Gasteiger partial charge >= 0.3 is 0 Å². The lowest BCUT2D eigenvalue weighted by molar-refractivity contribution is 0.484. The lowest BCUT2D eigenvalue weighted by Gasteiger charge is -2.17. The van der Waals surface area contributed by atoms with Gasteiger partial charge in [0.05, 0.1) is 23.2 Å². The molecule has 0 spiro atoms. The topological polar surface area (TPSA) is 53.6 Å². The molecule has 1 N–H and O–H groups in total. The maximum Gasteiger partial charge on any atom is 0.0991 e. The molecule has 0 saturated carbocycles. The first-order valence-corrected chi connectivity index (χ1v) is 7.40. The second kappa shape index (κ2) is 6.42. The van der Waals surface area contributed by atoms with Crippen LogP contribution >= 0.6 is 0 Å². The molecule has 1 heterocycles. The number of hydrogen-bond donors (Lipinski definition) is 1. The van der Waals surface area contributed by atoms with Crippen LogP contribution in [0.25, 0.3) is 10.9 Å². The van der Waals surface area contributed by atoms with E-state index in [-0.39, 0.29) is 6.04 Å². The van der Waals surface area contributed by atoms with Crippen molar-refractivity contribution in [2.45, 2.75) is 12.5 Å². The van der Waals surface area contributed by atoms with Crippen LogP contribution in [0.1, 0.15) is 23.6 Å². The summed E-state index contributed by atoms with van der Waals surface area (Å²) in [5.41, 5.74) is 2.83. The number of benzene rings is 2. The molecule has 0 amide bonds. The van der Waals surface area contributed by atoms with Crippen molar-refractivity contribution in [2.24, 2.45) is 0 Å². The van der Waals surface area contributed by atoms with E-state index >= 15 is 0 Å². The number of fused-ring (bicyclic) bond motifs is 1. The SMILES string of the molecule is CNCCC(c1ccccc1)n1cc2cc(C#N)ccc2n1. The first-order valence-electron chi connectivity index (χ1n) is 7.40. The summed E-state index contributed by atoms with van der Waals surface area (Å²) in [6.07, 6.45) is 2.99. The Balaban J connectivity index is 2.02. The molecule has 0 aliphatic rings. The number of aromatic nitrogens is 2. The summed E-state index contributed by atoms with van der Waals surface area (Å²) in [6.45, 7) is 0.916. The molecule has 0 radical (unpaired) electrons. The highest BCUT2D eigenvalue weighted by Crippen LogP contribution is 2.24. The molecule has 22 heavy (non-hydrogen) atoms. The Hall–Kier alpha value is -2.64. The third-order valence-electron chi connectivity index (χ3n) is 3.82. The second-order valence-electron chi connectivity index (χ2n) is 5.31. The second-order valence-corrected chi connectivity index (χ2v) is 5.31. The van der Waals surface area contributed by atoms with Gasteiger partial charge in [-0.1, -0.05) is 30.3 Å². The number of hydrogen-bond acceptors (Lipinski definition) is 3. The van der Waals surface area contributed by atoms with Crippen LogP contribution in [0.15, 0.2) is 54.7 Å². The highest BCUT2D eigenvalue weighted by atomic mass is 15.3. The van der Waals surface area contributed by atoms with Crippen molar-refractivity contribution in [1.29, 1.82) is 5.26 Å². The zero-order chi connectivity index (χ0) is 15.4. The smallest absolute Gasteiger partial charge is 0.0991 e. The molecule has 0 bridgehead atoms. The Labute approximate surface area is 130 Å². The van der Waals surface area contributed by atoms with Gasteiger partial charge in [-0.05, 0) is 43.8 Å². The average molecular weight is 290 g/mol. The minimum Gasteiger partial charge on any atom is -0.320 e. The molecule has 4 heteroatoms. The normalized spacial score (nSPS) is 12.2. The van der Waals surface area contributed by atoms with E-state index in [1.54, 1.807) is 0 Å². The average Bonchev–Trinajstić information content (AvgIpc) is 2.98. The molecule has 0 aliphatic carbocycles. The molecule has 1 atom stereocenters. The molecular weight excluding hydrogens is 272 g/mol. The summed E-state index contributed by atoms with van der Waals surface area (Å²) in [7, 11) is 1.96. The van der Waals surface area contributed by atoms with E-state index in [2.05, 4.69) is 35.7 Å². The molecule has 110 valence electrons. The van der Waals surface area contributed by atoms with Crippen molar-refractivity contribution in [2.75, 3.05) is 13.6 Å². The largest absolute Gasteiger partial charge is 0.320 e. The van der Waals surface area contributed by atoms with Crippen LogP contribution in [0.4, 0.5) is 0 Å². The zero-order valence-electron chi connectivity index (χ0n) is 12.5. The predicted octanol–water partition coefficient (Wildman–Crippen LogP) is 3.11. The van der Waals surface area contributed by atoms with Gasteiger partial charge in [0.1, 0.15) is 0 Å². The number of nitriles is 1. The van der Waals surface area contributed by atoms with Crippen LogP contribution in [0, 0.1) is 11.3 Å². The van der Waals surface area contributed by atoms with Crippen molar-refractivity contribution < 1.29 is 0 Å². The monoisotopic (exact) mass is 290 g/mol. The molecule has 1 unspecified atom stereocenters. The fourth-order valence-corrected chi connectivity index (χ4v) is 2.68. The van der Waals surface area contributed by atoms with Crippen molar-refractivity contribution in [3.8, 4) is 6.07 Å². The molecule has 0 aliphatic heterocycles. The molecule has 0 fully saturated rings. The fraction of sp³-hybridized carbons (Fsp3) is 0.222. The summed E-state index contributed by atoms with van der Waals surface area (Å²) in [6, 6.07) is 18.4. The lowest BCUT2D eigenvalue weighted by atomic mass is 10.0. The molecule has 1 aromatic heterocycles. The maximum atomic E-state index is 9.02.